The normalized spacial score (nSPS) is 10.1. The minimum Gasteiger partial charge on any atom is -0.497 e. The standard InChI is InChI=1S/C13H11NO6/c1-7-10(12(15)16)11(14-20-7)13(17)19-9-5-3-4-8(6-9)18-2/h3-6H,1-2H3,(H,15,16). The Hall–Kier alpha value is -2.83. The number of carbonyl (C=O) groups is 2. The second-order valence-corrected chi connectivity index (χ2v) is 3.84. The molecule has 0 spiro atoms. The smallest absolute Gasteiger partial charge is 0.366 e. The summed E-state index contributed by atoms with van der Waals surface area (Å²) in [6.07, 6.45) is 0. The van der Waals surface area contributed by atoms with Crippen LogP contribution in [0.25, 0.3) is 0 Å². The third-order valence-corrected chi connectivity index (χ3v) is 2.52. The number of carbonyl (C=O) groups excluding carboxylic acids is 1. The van der Waals surface area contributed by atoms with Crippen LogP contribution in [-0.2, 0) is 0 Å². The van der Waals surface area contributed by atoms with Gasteiger partial charge in [0.2, 0.25) is 5.69 Å². The van der Waals surface area contributed by atoms with Crippen molar-refractivity contribution >= 4 is 11.9 Å². The van der Waals surface area contributed by atoms with Gasteiger partial charge < -0.3 is 19.1 Å². The molecule has 104 valence electrons. The van der Waals surface area contributed by atoms with Gasteiger partial charge in [-0.15, -0.1) is 0 Å². The molecule has 0 saturated heterocycles. The van der Waals surface area contributed by atoms with Gasteiger partial charge in [-0.25, -0.2) is 9.59 Å². The molecular formula is C13H11NO6. The van der Waals surface area contributed by atoms with Gasteiger partial charge in [0, 0.05) is 6.07 Å². The van der Waals surface area contributed by atoms with Crippen molar-refractivity contribution in [2.24, 2.45) is 0 Å². The van der Waals surface area contributed by atoms with Gasteiger partial charge in [0.05, 0.1) is 7.11 Å². The molecule has 7 heteroatoms. The van der Waals surface area contributed by atoms with Crippen molar-refractivity contribution in [3.05, 3.63) is 41.3 Å². The molecule has 0 aliphatic rings. The number of aromatic nitrogens is 1. The fourth-order valence-corrected chi connectivity index (χ4v) is 1.58. The Labute approximate surface area is 113 Å². The van der Waals surface area contributed by atoms with E-state index in [1.807, 2.05) is 0 Å². The van der Waals surface area contributed by atoms with Crippen molar-refractivity contribution in [2.45, 2.75) is 6.92 Å². The Bertz CT molecular complexity index is 661. The van der Waals surface area contributed by atoms with Crippen LogP contribution in [0, 0.1) is 6.92 Å². The molecule has 0 aliphatic carbocycles. The maximum absolute atomic E-state index is 11.9. The van der Waals surface area contributed by atoms with Crippen LogP contribution in [0.2, 0.25) is 0 Å². The Morgan fingerprint density at radius 1 is 1.30 bits per heavy atom. The molecule has 1 aromatic heterocycles. The topological polar surface area (TPSA) is 98.9 Å². The first kappa shape index (κ1) is 13.6. The van der Waals surface area contributed by atoms with Crippen LogP contribution in [-0.4, -0.2) is 29.3 Å². The van der Waals surface area contributed by atoms with Crippen molar-refractivity contribution in [2.75, 3.05) is 7.11 Å². The van der Waals surface area contributed by atoms with Crippen LogP contribution >= 0.6 is 0 Å². The molecule has 0 unspecified atom stereocenters. The van der Waals surface area contributed by atoms with Gasteiger partial charge in [-0.05, 0) is 19.1 Å². The molecule has 20 heavy (non-hydrogen) atoms. The summed E-state index contributed by atoms with van der Waals surface area (Å²) in [5.74, 6) is -1.46. The van der Waals surface area contributed by atoms with E-state index in [0.717, 1.165) is 0 Å². The number of esters is 1. The number of nitrogens with zero attached hydrogens (tertiary/aromatic N) is 1. The number of rotatable bonds is 4. The van der Waals surface area contributed by atoms with E-state index in [-0.39, 0.29) is 22.8 Å². The average Bonchev–Trinajstić information content (AvgIpc) is 2.81. The molecule has 0 fully saturated rings. The summed E-state index contributed by atoms with van der Waals surface area (Å²) in [5, 5.41) is 12.4. The van der Waals surface area contributed by atoms with Crippen molar-refractivity contribution in [3.63, 3.8) is 0 Å². The monoisotopic (exact) mass is 277 g/mol. The molecule has 0 aliphatic heterocycles. The van der Waals surface area contributed by atoms with E-state index in [2.05, 4.69) is 5.16 Å². The molecule has 7 nitrogen and oxygen atoms in total. The first-order valence-electron chi connectivity index (χ1n) is 5.58. The van der Waals surface area contributed by atoms with Gasteiger partial charge >= 0.3 is 11.9 Å². The lowest BCUT2D eigenvalue weighted by molar-refractivity contribution is 0.0665. The fraction of sp³-hybridized carbons (Fsp3) is 0.154. The Balaban J connectivity index is 2.26. The van der Waals surface area contributed by atoms with Crippen molar-refractivity contribution < 1.29 is 28.7 Å². The average molecular weight is 277 g/mol. The van der Waals surface area contributed by atoms with Crippen LogP contribution in [0.15, 0.2) is 28.8 Å². The third-order valence-electron chi connectivity index (χ3n) is 2.52. The van der Waals surface area contributed by atoms with Crippen molar-refractivity contribution in [1.29, 1.82) is 0 Å². The highest BCUT2D eigenvalue weighted by molar-refractivity contribution is 6.02. The molecule has 0 amide bonds. The minimum absolute atomic E-state index is 0.0371. The summed E-state index contributed by atoms with van der Waals surface area (Å²) in [7, 11) is 1.48. The van der Waals surface area contributed by atoms with Gasteiger partial charge in [-0.1, -0.05) is 11.2 Å². The molecule has 0 bridgehead atoms. The van der Waals surface area contributed by atoms with Crippen LogP contribution in [0.3, 0.4) is 0 Å². The highest BCUT2D eigenvalue weighted by Crippen LogP contribution is 2.21. The van der Waals surface area contributed by atoms with Gasteiger partial charge in [0.15, 0.2) is 0 Å². The SMILES string of the molecule is COc1cccc(OC(=O)c2noc(C)c2C(=O)O)c1. The zero-order chi connectivity index (χ0) is 14.7. The molecule has 0 atom stereocenters. The van der Waals surface area contributed by atoms with E-state index in [4.69, 9.17) is 19.1 Å². The molecule has 1 aromatic carbocycles. The lowest BCUT2D eigenvalue weighted by Crippen LogP contribution is -2.14. The van der Waals surface area contributed by atoms with Gasteiger partial charge in [0.1, 0.15) is 22.8 Å². The molecule has 2 rings (SSSR count). The Morgan fingerprint density at radius 3 is 2.65 bits per heavy atom. The van der Waals surface area contributed by atoms with E-state index >= 15 is 0 Å². The summed E-state index contributed by atoms with van der Waals surface area (Å²) in [5.41, 5.74) is -0.685. The van der Waals surface area contributed by atoms with Gasteiger partial charge in [-0.3, -0.25) is 0 Å². The lowest BCUT2D eigenvalue weighted by atomic mass is 10.2. The number of aromatic carboxylic acids is 1. The van der Waals surface area contributed by atoms with Crippen LogP contribution in [0.1, 0.15) is 26.6 Å². The molecular weight excluding hydrogens is 266 g/mol. The Morgan fingerprint density at radius 2 is 2.00 bits per heavy atom. The van der Waals surface area contributed by atoms with Gasteiger partial charge in [-0.2, -0.15) is 0 Å². The maximum atomic E-state index is 11.9. The highest BCUT2D eigenvalue weighted by Gasteiger charge is 2.26. The third kappa shape index (κ3) is 2.61. The van der Waals surface area contributed by atoms with Gasteiger partial charge in [0.25, 0.3) is 0 Å². The summed E-state index contributed by atoms with van der Waals surface area (Å²) < 4.78 is 14.7. The number of carboxylic acid groups (broad SMARTS) is 1. The highest BCUT2D eigenvalue weighted by atomic mass is 16.5. The van der Waals surface area contributed by atoms with Crippen LogP contribution in [0.5, 0.6) is 11.5 Å². The van der Waals surface area contributed by atoms with E-state index < -0.39 is 11.9 Å². The van der Waals surface area contributed by atoms with Crippen LogP contribution in [0.4, 0.5) is 0 Å². The number of benzene rings is 1. The summed E-state index contributed by atoms with van der Waals surface area (Å²) in [4.78, 5) is 22.9. The quantitative estimate of drug-likeness (QED) is 0.673. The Kier molecular flexibility index (Phi) is 3.69. The lowest BCUT2D eigenvalue weighted by Gasteiger charge is -2.04. The van der Waals surface area contributed by atoms with Crippen molar-refractivity contribution in [3.8, 4) is 11.5 Å². The number of ether oxygens (including phenoxy) is 2. The second kappa shape index (κ2) is 5.43. The van der Waals surface area contributed by atoms with Crippen molar-refractivity contribution in [1.82, 2.24) is 5.16 Å². The largest absolute Gasteiger partial charge is 0.497 e. The maximum Gasteiger partial charge on any atom is 0.366 e. The van der Waals surface area contributed by atoms with E-state index in [1.54, 1.807) is 12.1 Å². The fourth-order valence-electron chi connectivity index (χ4n) is 1.58. The molecule has 1 N–H and O–H groups in total. The molecule has 1 heterocycles. The minimum atomic E-state index is -1.30. The predicted molar refractivity (Wildman–Crippen MR) is 66.2 cm³/mol. The number of aryl methyl sites for hydroxylation is 1. The summed E-state index contributed by atoms with van der Waals surface area (Å²) in [6, 6.07) is 6.34. The number of hydrogen-bond acceptors (Lipinski definition) is 6. The first-order valence-corrected chi connectivity index (χ1v) is 5.58. The second-order valence-electron chi connectivity index (χ2n) is 3.84. The summed E-state index contributed by atoms with van der Waals surface area (Å²) >= 11 is 0. The predicted octanol–water partition coefficient (Wildman–Crippen LogP) is 1.91. The van der Waals surface area contributed by atoms with E-state index in [0.29, 0.717) is 5.75 Å². The first-order chi connectivity index (χ1) is 9.52. The zero-order valence-corrected chi connectivity index (χ0v) is 10.7. The number of methoxy groups -OCH3 is 1. The number of carboxylic acids is 1. The molecule has 0 saturated carbocycles. The number of hydrogen-bond donors (Lipinski definition) is 1. The molecule has 2 aromatic rings. The zero-order valence-electron chi connectivity index (χ0n) is 10.7. The summed E-state index contributed by atoms with van der Waals surface area (Å²) in [6.45, 7) is 1.40. The van der Waals surface area contributed by atoms with Crippen LogP contribution < -0.4 is 9.47 Å². The van der Waals surface area contributed by atoms with E-state index in [1.165, 1.54) is 26.2 Å². The van der Waals surface area contributed by atoms with E-state index in [9.17, 15) is 9.59 Å². The molecule has 0 radical (unpaired) electrons.